The van der Waals surface area contributed by atoms with E-state index in [1.54, 1.807) is 11.3 Å². The van der Waals surface area contributed by atoms with E-state index in [9.17, 15) is 5.11 Å². The lowest BCUT2D eigenvalue weighted by atomic mass is 10.1. The Bertz CT molecular complexity index is 502. The lowest BCUT2D eigenvalue weighted by Crippen LogP contribution is -1.99. The van der Waals surface area contributed by atoms with Gasteiger partial charge in [0.25, 0.3) is 0 Å². The Labute approximate surface area is 118 Å². The van der Waals surface area contributed by atoms with E-state index in [1.165, 1.54) is 4.88 Å². The molecule has 0 bridgehead atoms. The molecule has 0 spiro atoms. The Morgan fingerprint density at radius 2 is 1.89 bits per heavy atom. The molecule has 1 N–H and O–H groups in total. The zero-order valence-electron chi connectivity index (χ0n) is 11.4. The Balaban J connectivity index is 2.01. The van der Waals surface area contributed by atoms with Gasteiger partial charge >= 0.3 is 0 Å². The zero-order chi connectivity index (χ0) is 13.7. The van der Waals surface area contributed by atoms with Crippen LogP contribution in [0.5, 0.6) is 5.75 Å². The molecule has 0 aliphatic rings. The molecule has 1 unspecified atom stereocenters. The van der Waals surface area contributed by atoms with E-state index < -0.39 is 6.10 Å². The van der Waals surface area contributed by atoms with E-state index in [0.29, 0.717) is 0 Å². The van der Waals surface area contributed by atoms with Crippen LogP contribution in [0.3, 0.4) is 0 Å². The van der Waals surface area contributed by atoms with Gasteiger partial charge in [0.1, 0.15) is 11.9 Å². The fourth-order valence-corrected chi connectivity index (χ4v) is 2.74. The van der Waals surface area contributed by atoms with E-state index in [4.69, 9.17) is 4.74 Å². The quantitative estimate of drug-likeness (QED) is 0.796. The summed E-state index contributed by atoms with van der Waals surface area (Å²) in [6, 6.07) is 11.7. The van der Waals surface area contributed by atoms with Gasteiger partial charge in [-0.3, -0.25) is 0 Å². The fourth-order valence-electron chi connectivity index (χ4n) is 1.85. The first-order valence-electron chi connectivity index (χ1n) is 6.68. The molecule has 1 atom stereocenters. The first kappa shape index (κ1) is 14.1. The normalized spacial score (nSPS) is 12.4. The molecule has 0 aliphatic heterocycles. The molecule has 2 nitrogen and oxygen atoms in total. The van der Waals surface area contributed by atoms with Crippen LogP contribution in [0, 0.1) is 6.92 Å². The molecule has 0 saturated heterocycles. The summed E-state index contributed by atoms with van der Waals surface area (Å²) in [5, 5.41) is 10.3. The summed E-state index contributed by atoms with van der Waals surface area (Å²) in [6.45, 7) is 4.94. The van der Waals surface area contributed by atoms with Gasteiger partial charge in [0.05, 0.1) is 6.61 Å². The number of ether oxygens (including phenoxy) is 1. The zero-order valence-corrected chi connectivity index (χ0v) is 12.2. The van der Waals surface area contributed by atoms with E-state index in [0.717, 1.165) is 35.6 Å². The van der Waals surface area contributed by atoms with Gasteiger partial charge in [-0.2, -0.15) is 0 Å². The Morgan fingerprint density at radius 1 is 1.16 bits per heavy atom. The van der Waals surface area contributed by atoms with Gasteiger partial charge in [-0.1, -0.05) is 25.5 Å². The molecule has 3 heteroatoms. The maximum atomic E-state index is 10.3. The molecule has 0 radical (unpaired) electrons. The molecule has 0 amide bonds. The van der Waals surface area contributed by atoms with E-state index in [2.05, 4.69) is 6.92 Å². The van der Waals surface area contributed by atoms with Gasteiger partial charge < -0.3 is 9.84 Å². The van der Waals surface area contributed by atoms with Crippen molar-refractivity contribution in [2.24, 2.45) is 0 Å². The van der Waals surface area contributed by atoms with Crippen LogP contribution in [0.25, 0.3) is 0 Å². The molecule has 1 heterocycles. The number of aryl methyl sites for hydroxylation is 1. The van der Waals surface area contributed by atoms with Crippen LogP contribution in [0.15, 0.2) is 36.4 Å². The number of unbranched alkanes of at least 4 members (excludes halogenated alkanes) is 1. The highest BCUT2D eigenvalue weighted by Gasteiger charge is 2.12. The van der Waals surface area contributed by atoms with Crippen molar-refractivity contribution in [1.82, 2.24) is 0 Å². The summed E-state index contributed by atoms with van der Waals surface area (Å²) in [7, 11) is 0. The van der Waals surface area contributed by atoms with Crippen molar-refractivity contribution in [2.75, 3.05) is 6.61 Å². The number of hydrogen-bond acceptors (Lipinski definition) is 3. The minimum absolute atomic E-state index is 0.539. The van der Waals surface area contributed by atoms with Gasteiger partial charge in [0.2, 0.25) is 0 Å². The van der Waals surface area contributed by atoms with Crippen molar-refractivity contribution in [3.8, 4) is 5.75 Å². The monoisotopic (exact) mass is 276 g/mol. The highest BCUT2D eigenvalue weighted by atomic mass is 32.1. The second kappa shape index (κ2) is 6.73. The molecular weight excluding hydrogens is 256 g/mol. The maximum absolute atomic E-state index is 10.3. The van der Waals surface area contributed by atoms with Crippen LogP contribution in [0.1, 0.15) is 41.2 Å². The first-order chi connectivity index (χ1) is 9.20. The average molecular weight is 276 g/mol. The number of thiophene rings is 1. The number of hydrogen-bond donors (Lipinski definition) is 1. The van der Waals surface area contributed by atoms with Crippen LogP contribution in [0.4, 0.5) is 0 Å². The second-order valence-electron chi connectivity index (χ2n) is 4.62. The van der Waals surface area contributed by atoms with Gasteiger partial charge in [-0.05, 0) is 43.2 Å². The van der Waals surface area contributed by atoms with E-state index in [1.807, 2.05) is 43.3 Å². The number of benzene rings is 1. The number of aliphatic hydroxyl groups excluding tert-OH is 1. The minimum Gasteiger partial charge on any atom is -0.494 e. The van der Waals surface area contributed by atoms with Gasteiger partial charge in [-0.15, -0.1) is 11.3 Å². The Morgan fingerprint density at radius 3 is 2.47 bits per heavy atom. The number of aliphatic hydroxyl groups is 1. The Kier molecular flexibility index (Phi) is 5.00. The first-order valence-corrected chi connectivity index (χ1v) is 7.49. The molecule has 19 heavy (non-hydrogen) atoms. The molecule has 102 valence electrons. The highest BCUT2D eigenvalue weighted by molar-refractivity contribution is 7.12. The summed E-state index contributed by atoms with van der Waals surface area (Å²) in [5.74, 6) is 0.867. The van der Waals surface area contributed by atoms with Crippen molar-refractivity contribution in [2.45, 2.75) is 32.8 Å². The molecule has 0 saturated carbocycles. The number of rotatable bonds is 6. The van der Waals surface area contributed by atoms with Crippen molar-refractivity contribution >= 4 is 11.3 Å². The molecule has 1 aromatic heterocycles. The third-order valence-electron chi connectivity index (χ3n) is 2.99. The van der Waals surface area contributed by atoms with E-state index >= 15 is 0 Å². The second-order valence-corrected chi connectivity index (χ2v) is 5.94. The summed E-state index contributed by atoms with van der Waals surface area (Å²) in [5.41, 5.74) is 0.907. The molecular formula is C16H20O2S. The fraction of sp³-hybridized carbons (Fsp3) is 0.375. The van der Waals surface area contributed by atoms with Crippen molar-refractivity contribution in [1.29, 1.82) is 0 Å². The van der Waals surface area contributed by atoms with Crippen LogP contribution in [-0.2, 0) is 0 Å². The standard InChI is InChI=1S/C16H20O2S/c1-3-4-11-18-14-8-6-13(7-9-14)16(17)15-10-5-12(2)19-15/h5-10,16-17H,3-4,11H2,1-2H3. The summed E-state index contributed by atoms with van der Waals surface area (Å²) in [4.78, 5) is 2.20. The minimum atomic E-state index is -0.539. The predicted molar refractivity (Wildman–Crippen MR) is 80.0 cm³/mol. The highest BCUT2D eigenvalue weighted by Crippen LogP contribution is 2.29. The third-order valence-corrected chi connectivity index (χ3v) is 4.05. The molecule has 2 aromatic rings. The van der Waals surface area contributed by atoms with Gasteiger partial charge in [0, 0.05) is 9.75 Å². The molecule has 0 aliphatic carbocycles. The summed E-state index contributed by atoms with van der Waals surface area (Å²) >= 11 is 1.63. The van der Waals surface area contributed by atoms with Gasteiger partial charge in [-0.25, -0.2) is 0 Å². The lowest BCUT2D eigenvalue weighted by molar-refractivity contribution is 0.224. The summed E-state index contributed by atoms with van der Waals surface area (Å²) < 4.78 is 5.61. The molecule has 2 rings (SSSR count). The topological polar surface area (TPSA) is 29.5 Å². The van der Waals surface area contributed by atoms with E-state index in [-0.39, 0.29) is 0 Å². The van der Waals surface area contributed by atoms with Crippen molar-refractivity contribution in [3.63, 3.8) is 0 Å². The van der Waals surface area contributed by atoms with Crippen LogP contribution in [-0.4, -0.2) is 11.7 Å². The third kappa shape index (κ3) is 3.82. The van der Waals surface area contributed by atoms with Crippen molar-refractivity contribution < 1.29 is 9.84 Å². The average Bonchev–Trinajstić information content (AvgIpc) is 2.86. The lowest BCUT2D eigenvalue weighted by Gasteiger charge is -2.10. The van der Waals surface area contributed by atoms with Crippen LogP contribution >= 0.6 is 11.3 Å². The largest absolute Gasteiger partial charge is 0.494 e. The Hall–Kier alpha value is -1.32. The SMILES string of the molecule is CCCCOc1ccc(C(O)c2ccc(C)s2)cc1. The van der Waals surface area contributed by atoms with Gasteiger partial charge in [0.15, 0.2) is 0 Å². The maximum Gasteiger partial charge on any atom is 0.119 e. The van der Waals surface area contributed by atoms with Crippen LogP contribution < -0.4 is 4.74 Å². The summed E-state index contributed by atoms with van der Waals surface area (Å²) in [6.07, 6.45) is 1.66. The molecule has 0 fully saturated rings. The predicted octanol–water partition coefficient (Wildman–Crippen LogP) is 4.32. The van der Waals surface area contributed by atoms with Crippen LogP contribution in [0.2, 0.25) is 0 Å². The molecule has 1 aromatic carbocycles. The van der Waals surface area contributed by atoms with Crippen molar-refractivity contribution in [3.05, 3.63) is 51.7 Å². The smallest absolute Gasteiger partial charge is 0.119 e.